The van der Waals surface area contributed by atoms with Crippen LogP contribution >= 0.6 is 15.9 Å². The number of halogens is 4. The van der Waals surface area contributed by atoms with Crippen molar-refractivity contribution < 1.29 is 27.9 Å². The minimum absolute atomic E-state index is 0.0334. The topological polar surface area (TPSA) is 107 Å². The first kappa shape index (κ1) is 28.5. The average Bonchev–Trinajstić information content (AvgIpc) is 3.14. The Labute approximate surface area is 219 Å². The number of carboxylic acids is 1. The van der Waals surface area contributed by atoms with Crippen LogP contribution in [-0.4, -0.2) is 63.3 Å². The van der Waals surface area contributed by atoms with E-state index >= 15 is 0 Å². The van der Waals surface area contributed by atoms with E-state index in [0.29, 0.717) is 5.56 Å². The Balaban J connectivity index is 0.000000479. The van der Waals surface area contributed by atoms with Crippen LogP contribution in [0.25, 0.3) is 11.0 Å². The maximum atomic E-state index is 12.5. The number of aromatic nitrogens is 2. The predicted molar refractivity (Wildman–Crippen MR) is 137 cm³/mol. The lowest BCUT2D eigenvalue weighted by Crippen LogP contribution is -2.45. The SMILES string of the molecule is Cc1ccc(C(=O)N[C@@H](C)CN2CCC(n3c(=O)[nH]c4cc(Br)ccc43)CC2)cc1.O=C(O)C(F)(F)F. The minimum atomic E-state index is -5.08. The summed E-state index contributed by atoms with van der Waals surface area (Å²) in [5.41, 5.74) is 3.62. The number of carbonyl (C=O) groups excluding carboxylic acids is 1. The molecule has 3 N–H and O–H groups in total. The Morgan fingerprint density at radius 3 is 2.32 bits per heavy atom. The predicted octanol–water partition coefficient (Wildman–Crippen LogP) is 4.49. The van der Waals surface area contributed by atoms with Gasteiger partial charge in [0.2, 0.25) is 0 Å². The summed E-state index contributed by atoms with van der Waals surface area (Å²) in [6.45, 7) is 6.67. The number of piperidine rings is 1. The minimum Gasteiger partial charge on any atom is -0.475 e. The van der Waals surface area contributed by atoms with E-state index in [4.69, 9.17) is 9.90 Å². The highest BCUT2D eigenvalue weighted by atomic mass is 79.9. The smallest absolute Gasteiger partial charge is 0.475 e. The average molecular weight is 585 g/mol. The second-order valence-electron chi connectivity index (χ2n) is 9.04. The zero-order chi connectivity index (χ0) is 27.3. The lowest BCUT2D eigenvalue weighted by atomic mass is 10.0. The fourth-order valence-electron chi connectivity index (χ4n) is 4.27. The molecule has 3 aromatic rings. The van der Waals surface area contributed by atoms with Gasteiger partial charge in [-0.05, 0) is 57.0 Å². The number of fused-ring (bicyclic) bond motifs is 1. The molecule has 0 bridgehead atoms. The Kier molecular flexibility index (Phi) is 9.19. The number of aryl methyl sites for hydroxylation is 1. The van der Waals surface area contributed by atoms with Gasteiger partial charge in [-0.1, -0.05) is 33.6 Å². The number of nitrogens with one attached hydrogen (secondary N) is 2. The standard InChI is InChI=1S/C23H27BrN4O2.C2HF3O2/c1-15-3-5-17(6-4-15)22(29)25-16(2)14-27-11-9-19(10-12-27)28-21-8-7-18(24)13-20(21)26-23(28)30;3-2(4,5)1(6)7/h3-8,13,16,19H,9-12,14H2,1-2H3,(H,25,29)(H,26,30);(H,6,7)/t16-;/m0./s1. The normalized spacial score (nSPS) is 15.6. The van der Waals surface area contributed by atoms with Gasteiger partial charge in [0.25, 0.3) is 5.91 Å². The second-order valence-corrected chi connectivity index (χ2v) is 9.95. The van der Waals surface area contributed by atoms with E-state index in [0.717, 1.165) is 53.5 Å². The van der Waals surface area contributed by atoms with Crippen molar-refractivity contribution in [1.29, 1.82) is 0 Å². The van der Waals surface area contributed by atoms with Crippen LogP contribution in [0.2, 0.25) is 0 Å². The molecule has 0 unspecified atom stereocenters. The van der Waals surface area contributed by atoms with E-state index in [2.05, 4.69) is 31.1 Å². The van der Waals surface area contributed by atoms with Crippen molar-refractivity contribution in [3.8, 4) is 0 Å². The highest BCUT2D eigenvalue weighted by Gasteiger charge is 2.38. The van der Waals surface area contributed by atoms with Gasteiger partial charge in [-0.3, -0.25) is 9.36 Å². The largest absolute Gasteiger partial charge is 0.490 e. The van der Waals surface area contributed by atoms with Crippen LogP contribution in [0.1, 0.15) is 41.7 Å². The summed E-state index contributed by atoms with van der Waals surface area (Å²) in [6, 6.07) is 13.8. The number of H-pyrrole nitrogens is 1. The number of aliphatic carboxylic acids is 1. The summed E-state index contributed by atoms with van der Waals surface area (Å²) in [7, 11) is 0. The molecule has 1 fully saturated rings. The molecule has 1 amide bonds. The molecule has 2 heterocycles. The van der Waals surface area contributed by atoms with Crippen molar-refractivity contribution in [3.63, 3.8) is 0 Å². The number of aromatic amines is 1. The Morgan fingerprint density at radius 1 is 1.16 bits per heavy atom. The van der Waals surface area contributed by atoms with Crippen molar-refractivity contribution in [3.05, 3.63) is 68.5 Å². The van der Waals surface area contributed by atoms with Crippen molar-refractivity contribution in [2.75, 3.05) is 19.6 Å². The molecule has 1 saturated heterocycles. The molecule has 1 atom stereocenters. The fourth-order valence-corrected chi connectivity index (χ4v) is 4.63. The van der Waals surface area contributed by atoms with Gasteiger partial charge in [0.1, 0.15) is 0 Å². The van der Waals surface area contributed by atoms with E-state index in [1.807, 2.05) is 60.9 Å². The van der Waals surface area contributed by atoms with Gasteiger partial charge >= 0.3 is 17.8 Å². The van der Waals surface area contributed by atoms with Gasteiger partial charge in [-0.25, -0.2) is 9.59 Å². The summed E-state index contributed by atoms with van der Waals surface area (Å²) >= 11 is 3.46. The fraction of sp³-hybridized carbons (Fsp3) is 0.400. The van der Waals surface area contributed by atoms with Crippen LogP contribution in [0.5, 0.6) is 0 Å². The van der Waals surface area contributed by atoms with E-state index in [1.165, 1.54) is 0 Å². The number of hydrogen-bond acceptors (Lipinski definition) is 4. The number of carbonyl (C=O) groups is 2. The van der Waals surface area contributed by atoms with Crippen molar-refractivity contribution in [2.45, 2.75) is 44.9 Å². The zero-order valence-corrected chi connectivity index (χ0v) is 21.9. The summed E-state index contributed by atoms with van der Waals surface area (Å²) in [4.78, 5) is 39.2. The van der Waals surface area contributed by atoms with E-state index in [9.17, 15) is 22.8 Å². The number of likely N-dealkylation sites (tertiary alicyclic amines) is 1. The summed E-state index contributed by atoms with van der Waals surface area (Å²) in [5, 5.41) is 10.2. The third-order valence-corrected chi connectivity index (χ3v) is 6.56. The second kappa shape index (κ2) is 12.0. The Morgan fingerprint density at radius 2 is 1.76 bits per heavy atom. The summed E-state index contributed by atoms with van der Waals surface area (Å²) in [6.07, 6.45) is -3.25. The quantitative estimate of drug-likeness (QED) is 0.409. The number of rotatable bonds is 5. The van der Waals surface area contributed by atoms with Crippen LogP contribution in [0.3, 0.4) is 0 Å². The molecule has 2 aromatic carbocycles. The highest BCUT2D eigenvalue weighted by Crippen LogP contribution is 2.26. The van der Waals surface area contributed by atoms with Crippen molar-refractivity contribution >= 4 is 38.8 Å². The molecule has 1 aliphatic rings. The molecular formula is C25H28BrF3N4O4. The molecule has 37 heavy (non-hydrogen) atoms. The molecule has 8 nitrogen and oxygen atoms in total. The molecule has 0 radical (unpaired) electrons. The molecule has 4 rings (SSSR count). The van der Waals surface area contributed by atoms with Crippen molar-refractivity contribution in [2.24, 2.45) is 0 Å². The number of amides is 1. The molecule has 0 spiro atoms. The van der Waals surface area contributed by atoms with Crippen molar-refractivity contribution in [1.82, 2.24) is 19.8 Å². The molecule has 0 saturated carbocycles. The van der Waals surface area contributed by atoms with Crippen LogP contribution in [0.15, 0.2) is 51.7 Å². The lowest BCUT2D eigenvalue weighted by molar-refractivity contribution is -0.192. The summed E-state index contributed by atoms with van der Waals surface area (Å²) < 4.78 is 34.6. The summed E-state index contributed by atoms with van der Waals surface area (Å²) in [5.74, 6) is -2.79. The lowest BCUT2D eigenvalue weighted by Gasteiger charge is -2.34. The number of benzene rings is 2. The van der Waals surface area contributed by atoms with Gasteiger partial charge in [0.05, 0.1) is 11.0 Å². The number of carboxylic acid groups (broad SMARTS) is 1. The third kappa shape index (κ3) is 7.68. The maximum absolute atomic E-state index is 12.5. The Bertz CT molecular complexity index is 1300. The van der Waals surface area contributed by atoms with E-state index in [-0.39, 0.29) is 23.7 Å². The molecular weight excluding hydrogens is 557 g/mol. The number of nitrogens with zero attached hydrogens (tertiary/aromatic N) is 2. The first-order valence-electron chi connectivity index (χ1n) is 11.6. The molecule has 0 aliphatic carbocycles. The molecule has 1 aliphatic heterocycles. The van der Waals surface area contributed by atoms with Gasteiger partial charge < -0.3 is 20.3 Å². The highest BCUT2D eigenvalue weighted by molar-refractivity contribution is 9.10. The van der Waals surface area contributed by atoms with Gasteiger partial charge in [0, 0.05) is 41.8 Å². The monoisotopic (exact) mass is 584 g/mol. The van der Waals surface area contributed by atoms with Crippen LogP contribution in [-0.2, 0) is 4.79 Å². The van der Waals surface area contributed by atoms with Crippen LogP contribution in [0.4, 0.5) is 13.2 Å². The van der Waals surface area contributed by atoms with Crippen LogP contribution in [0, 0.1) is 6.92 Å². The first-order valence-corrected chi connectivity index (χ1v) is 12.4. The molecule has 200 valence electrons. The zero-order valence-electron chi connectivity index (χ0n) is 20.3. The van der Waals surface area contributed by atoms with Gasteiger partial charge in [0.15, 0.2) is 0 Å². The van der Waals surface area contributed by atoms with Gasteiger partial charge in [-0.2, -0.15) is 13.2 Å². The number of alkyl halides is 3. The maximum Gasteiger partial charge on any atom is 0.490 e. The van der Waals surface area contributed by atoms with E-state index in [1.54, 1.807) is 0 Å². The van der Waals surface area contributed by atoms with Gasteiger partial charge in [-0.15, -0.1) is 0 Å². The van der Waals surface area contributed by atoms with Crippen LogP contribution < -0.4 is 11.0 Å². The Hall–Kier alpha value is -3.12. The number of imidazole rings is 1. The van der Waals surface area contributed by atoms with E-state index < -0.39 is 12.1 Å². The molecule has 12 heteroatoms. The number of hydrogen-bond donors (Lipinski definition) is 3. The first-order chi connectivity index (χ1) is 17.3. The third-order valence-electron chi connectivity index (χ3n) is 6.07. The molecule has 1 aromatic heterocycles.